The highest BCUT2D eigenvalue weighted by atomic mass is 35.5. The summed E-state index contributed by atoms with van der Waals surface area (Å²) < 4.78 is 0. The molecule has 0 bridgehead atoms. The summed E-state index contributed by atoms with van der Waals surface area (Å²) in [7, 11) is 1.84. The van der Waals surface area contributed by atoms with Crippen LogP contribution >= 0.6 is 11.6 Å². The van der Waals surface area contributed by atoms with Gasteiger partial charge in [0.05, 0.1) is 0 Å². The maximum absolute atomic E-state index is 6.11. The molecule has 1 saturated heterocycles. The van der Waals surface area contributed by atoms with E-state index in [1.165, 1.54) is 12.0 Å². The lowest BCUT2D eigenvalue weighted by atomic mass is 9.94. The van der Waals surface area contributed by atoms with Gasteiger partial charge >= 0.3 is 0 Å². The summed E-state index contributed by atoms with van der Waals surface area (Å²) in [6, 6.07) is 2.06. The third-order valence-corrected chi connectivity index (χ3v) is 4.07. The van der Waals surface area contributed by atoms with E-state index in [1.54, 1.807) is 0 Å². The van der Waals surface area contributed by atoms with E-state index in [0.29, 0.717) is 11.1 Å². The Morgan fingerprint density at radius 1 is 1.35 bits per heavy atom. The van der Waals surface area contributed by atoms with E-state index in [1.807, 2.05) is 13.2 Å². The van der Waals surface area contributed by atoms with Crippen LogP contribution in [0.2, 0.25) is 5.15 Å². The van der Waals surface area contributed by atoms with Crippen LogP contribution in [0.25, 0.3) is 0 Å². The van der Waals surface area contributed by atoms with Crippen LogP contribution in [-0.4, -0.2) is 40.3 Å². The zero-order valence-corrected chi connectivity index (χ0v) is 12.1. The molecule has 6 nitrogen and oxygen atoms in total. The molecule has 2 N–H and O–H groups in total. The second-order valence-electron chi connectivity index (χ2n) is 4.89. The number of piperidine rings is 1. The smallest absolute Gasteiger partial charge is 0.157 e. The minimum atomic E-state index is 0.466. The quantitative estimate of drug-likeness (QED) is 0.849. The molecular formula is C13H17ClN6. The third kappa shape index (κ3) is 2.43. The van der Waals surface area contributed by atoms with Gasteiger partial charge in [0.15, 0.2) is 11.0 Å². The van der Waals surface area contributed by atoms with E-state index in [-0.39, 0.29) is 0 Å². The van der Waals surface area contributed by atoms with Gasteiger partial charge < -0.3 is 10.2 Å². The van der Waals surface area contributed by atoms with Gasteiger partial charge in [0.1, 0.15) is 12.0 Å². The van der Waals surface area contributed by atoms with Crippen LogP contribution in [0.5, 0.6) is 0 Å². The van der Waals surface area contributed by atoms with E-state index in [2.05, 4.69) is 36.4 Å². The number of H-pyrrole nitrogens is 1. The Labute approximate surface area is 122 Å². The Kier molecular flexibility index (Phi) is 3.73. The summed E-state index contributed by atoms with van der Waals surface area (Å²) in [6.45, 7) is 1.90. The van der Waals surface area contributed by atoms with Crippen molar-refractivity contribution in [3.8, 4) is 0 Å². The van der Waals surface area contributed by atoms with Crippen LogP contribution in [0.1, 0.15) is 24.5 Å². The maximum atomic E-state index is 6.11. The van der Waals surface area contributed by atoms with Crippen LogP contribution in [-0.2, 0) is 0 Å². The SMILES string of the molecule is CNc1c(Cl)ncnc1N1CCC(c2ccn[nH]2)CC1. The van der Waals surface area contributed by atoms with E-state index >= 15 is 0 Å². The van der Waals surface area contributed by atoms with E-state index in [9.17, 15) is 0 Å². The monoisotopic (exact) mass is 292 g/mol. The zero-order chi connectivity index (χ0) is 13.9. The number of anilines is 2. The van der Waals surface area contributed by atoms with Crippen molar-refractivity contribution >= 4 is 23.1 Å². The summed E-state index contributed by atoms with van der Waals surface area (Å²) in [5, 5.41) is 10.6. The van der Waals surface area contributed by atoms with Crippen molar-refractivity contribution in [2.24, 2.45) is 0 Å². The minimum Gasteiger partial charge on any atom is -0.383 e. The Balaban J connectivity index is 1.74. The highest BCUT2D eigenvalue weighted by molar-refractivity contribution is 6.32. The number of halogens is 1. The second kappa shape index (κ2) is 5.66. The minimum absolute atomic E-state index is 0.466. The molecule has 2 aromatic heterocycles. The molecule has 0 saturated carbocycles. The fraction of sp³-hybridized carbons (Fsp3) is 0.462. The third-order valence-electron chi connectivity index (χ3n) is 3.79. The lowest BCUT2D eigenvalue weighted by Gasteiger charge is -2.33. The normalized spacial score (nSPS) is 16.4. The molecule has 106 valence electrons. The molecule has 3 rings (SSSR count). The topological polar surface area (TPSA) is 69.7 Å². The summed E-state index contributed by atoms with van der Waals surface area (Å²) >= 11 is 6.11. The maximum Gasteiger partial charge on any atom is 0.157 e. The van der Waals surface area contributed by atoms with Crippen molar-refractivity contribution in [1.82, 2.24) is 20.2 Å². The van der Waals surface area contributed by atoms with Gasteiger partial charge in [0.2, 0.25) is 0 Å². The molecule has 20 heavy (non-hydrogen) atoms. The Morgan fingerprint density at radius 3 is 2.80 bits per heavy atom. The van der Waals surface area contributed by atoms with Gasteiger partial charge in [-0.15, -0.1) is 0 Å². The lowest BCUT2D eigenvalue weighted by Crippen LogP contribution is -2.34. The van der Waals surface area contributed by atoms with Gasteiger partial charge in [-0.1, -0.05) is 11.6 Å². The fourth-order valence-corrected chi connectivity index (χ4v) is 2.93. The Bertz CT molecular complexity index is 562. The lowest BCUT2D eigenvalue weighted by molar-refractivity contribution is 0.493. The van der Waals surface area contributed by atoms with Crippen molar-refractivity contribution < 1.29 is 0 Å². The van der Waals surface area contributed by atoms with E-state index < -0.39 is 0 Å². The van der Waals surface area contributed by atoms with Crippen molar-refractivity contribution in [2.75, 3.05) is 30.4 Å². The molecule has 0 aliphatic carbocycles. The molecular weight excluding hydrogens is 276 g/mol. The first kappa shape index (κ1) is 13.2. The van der Waals surface area contributed by atoms with Gasteiger partial charge in [-0.3, -0.25) is 5.10 Å². The molecule has 0 aromatic carbocycles. The van der Waals surface area contributed by atoms with Crippen molar-refractivity contribution in [3.63, 3.8) is 0 Å². The number of nitrogens with one attached hydrogen (secondary N) is 2. The summed E-state index contributed by atoms with van der Waals surface area (Å²) in [6.07, 6.45) is 5.48. The number of aromatic amines is 1. The van der Waals surface area contributed by atoms with Crippen molar-refractivity contribution in [3.05, 3.63) is 29.4 Å². The summed E-state index contributed by atoms with van der Waals surface area (Å²) in [4.78, 5) is 10.6. The molecule has 2 aromatic rings. The predicted octanol–water partition coefficient (Wildman–Crippen LogP) is 2.28. The molecule has 1 aliphatic rings. The molecule has 0 amide bonds. The van der Waals surface area contributed by atoms with Crippen LogP contribution in [0.15, 0.2) is 18.6 Å². The zero-order valence-electron chi connectivity index (χ0n) is 11.3. The Hall–Kier alpha value is -1.82. The molecule has 0 spiro atoms. The molecule has 3 heterocycles. The van der Waals surface area contributed by atoms with Gasteiger partial charge in [0.25, 0.3) is 0 Å². The first-order chi connectivity index (χ1) is 9.79. The molecule has 0 radical (unpaired) electrons. The number of hydrogen-bond donors (Lipinski definition) is 2. The number of rotatable bonds is 3. The second-order valence-corrected chi connectivity index (χ2v) is 5.24. The molecule has 0 atom stereocenters. The van der Waals surface area contributed by atoms with Gasteiger partial charge in [0, 0.05) is 37.9 Å². The standard InChI is InChI=1S/C13H17ClN6/c1-15-11-12(14)16-8-17-13(11)20-6-3-9(4-7-20)10-2-5-18-19-10/h2,5,8-9,15H,3-4,6-7H2,1H3,(H,18,19). The first-order valence-corrected chi connectivity index (χ1v) is 7.10. The number of hydrogen-bond acceptors (Lipinski definition) is 5. The van der Waals surface area contributed by atoms with E-state index in [0.717, 1.165) is 37.4 Å². The van der Waals surface area contributed by atoms with Crippen LogP contribution in [0, 0.1) is 0 Å². The van der Waals surface area contributed by atoms with Crippen molar-refractivity contribution in [2.45, 2.75) is 18.8 Å². The average Bonchev–Trinajstić information content (AvgIpc) is 3.01. The molecule has 7 heteroatoms. The molecule has 0 unspecified atom stereocenters. The number of aromatic nitrogens is 4. The van der Waals surface area contributed by atoms with Crippen LogP contribution in [0.3, 0.4) is 0 Å². The first-order valence-electron chi connectivity index (χ1n) is 6.72. The summed E-state index contributed by atoms with van der Waals surface area (Å²) in [5.41, 5.74) is 2.02. The van der Waals surface area contributed by atoms with Gasteiger partial charge in [-0.2, -0.15) is 5.10 Å². The van der Waals surface area contributed by atoms with Crippen LogP contribution in [0.4, 0.5) is 11.5 Å². The number of nitrogens with zero attached hydrogens (tertiary/aromatic N) is 4. The largest absolute Gasteiger partial charge is 0.383 e. The van der Waals surface area contributed by atoms with Gasteiger partial charge in [-0.25, -0.2) is 9.97 Å². The predicted molar refractivity (Wildman–Crippen MR) is 79.4 cm³/mol. The highest BCUT2D eigenvalue weighted by Crippen LogP contribution is 2.33. The fourth-order valence-electron chi connectivity index (χ4n) is 2.71. The van der Waals surface area contributed by atoms with Crippen LogP contribution < -0.4 is 10.2 Å². The molecule has 1 aliphatic heterocycles. The van der Waals surface area contributed by atoms with Gasteiger partial charge in [-0.05, 0) is 18.9 Å². The molecule has 1 fully saturated rings. The van der Waals surface area contributed by atoms with E-state index in [4.69, 9.17) is 11.6 Å². The summed E-state index contributed by atoms with van der Waals surface area (Å²) in [5.74, 6) is 1.43. The average molecular weight is 293 g/mol. The van der Waals surface area contributed by atoms with Crippen molar-refractivity contribution in [1.29, 1.82) is 0 Å². The Morgan fingerprint density at radius 2 is 2.15 bits per heavy atom. The highest BCUT2D eigenvalue weighted by Gasteiger charge is 2.24.